The number of nitrogens with zero attached hydrogens (tertiary/aromatic N) is 2. The Morgan fingerprint density at radius 2 is 1.87 bits per heavy atom. The summed E-state index contributed by atoms with van der Waals surface area (Å²) in [7, 11) is 0. The van der Waals surface area contributed by atoms with Crippen LogP contribution in [0.1, 0.15) is 34.4 Å². The van der Waals surface area contributed by atoms with Crippen LogP contribution in [0.2, 0.25) is 10.0 Å². The molecule has 0 radical (unpaired) electrons. The topological polar surface area (TPSA) is 59.0 Å². The zero-order valence-electron chi connectivity index (χ0n) is 15.3. The quantitative estimate of drug-likeness (QED) is 0.502. The largest absolute Gasteiger partial charge is 0.410 e. The third-order valence-electron chi connectivity index (χ3n) is 4.86. The first kappa shape index (κ1) is 20.6. The molecule has 1 aliphatic heterocycles. The Hall–Kier alpha value is -2.71. The lowest BCUT2D eigenvalue weighted by Crippen LogP contribution is -2.36. The first-order chi connectivity index (χ1) is 14.2. The van der Waals surface area contributed by atoms with Crippen LogP contribution >= 0.6 is 23.2 Å². The van der Waals surface area contributed by atoms with Crippen molar-refractivity contribution >= 4 is 40.6 Å². The Labute approximate surface area is 179 Å². The van der Waals surface area contributed by atoms with Crippen LogP contribution < -0.4 is 10.6 Å². The molecule has 0 bridgehead atoms. The molecule has 10 heteroatoms. The second-order valence-corrected chi connectivity index (χ2v) is 7.65. The van der Waals surface area contributed by atoms with Gasteiger partial charge in [0.1, 0.15) is 11.4 Å². The Bertz CT molecular complexity index is 1090. The van der Waals surface area contributed by atoms with E-state index in [1.165, 1.54) is 12.1 Å². The summed E-state index contributed by atoms with van der Waals surface area (Å²) in [6, 6.07) is 10.8. The monoisotopic (exact) mass is 454 g/mol. The number of halogens is 5. The number of aromatic nitrogens is 2. The van der Waals surface area contributed by atoms with Crippen LogP contribution in [0.3, 0.4) is 0 Å². The Balaban J connectivity index is 1.68. The Kier molecular flexibility index (Phi) is 5.38. The van der Waals surface area contributed by atoms with Gasteiger partial charge in [0.25, 0.3) is 5.91 Å². The Morgan fingerprint density at radius 1 is 1.13 bits per heavy atom. The van der Waals surface area contributed by atoms with Gasteiger partial charge in [0.05, 0.1) is 22.3 Å². The molecular weight excluding hydrogens is 440 g/mol. The maximum atomic E-state index is 13.7. The summed E-state index contributed by atoms with van der Waals surface area (Å²) in [6.07, 6.45) is -3.63. The standard InChI is InChI=1S/C20H15Cl2F3N4O/c21-14-7-6-12(8-15(14)22)27-19(30)13-10-26-29-17(20(23,24)25)9-16(28-18(13)29)11-4-2-1-3-5-11/h1-8,10,16-17,28H,9H2,(H,27,30). The molecule has 0 fully saturated rings. The van der Waals surface area contributed by atoms with Gasteiger partial charge in [0.15, 0.2) is 6.04 Å². The minimum absolute atomic E-state index is 0.00375. The number of hydrogen-bond acceptors (Lipinski definition) is 3. The molecule has 5 nitrogen and oxygen atoms in total. The lowest BCUT2D eigenvalue weighted by atomic mass is 9.96. The number of anilines is 2. The van der Waals surface area contributed by atoms with Crippen molar-refractivity contribution in [3.05, 3.63) is 75.9 Å². The van der Waals surface area contributed by atoms with E-state index in [9.17, 15) is 18.0 Å². The molecule has 0 aliphatic carbocycles. The van der Waals surface area contributed by atoms with Crippen LogP contribution in [0.25, 0.3) is 0 Å². The number of carbonyl (C=O) groups excluding carboxylic acids is 1. The van der Waals surface area contributed by atoms with Gasteiger partial charge >= 0.3 is 6.18 Å². The highest BCUT2D eigenvalue weighted by molar-refractivity contribution is 6.42. The summed E-state index contributed by atoms with van der Waals surface area (Å²) in [5.74, 6) is -0.605. The van der Waals surface area contributed by atoms with Crippen molar-refractivity contribution in [2.24, 2.45) is 0 Å². The molecule has 2 unspecified atom stereocenters. The number of amides is 1. The van der Waals surface area contributed by atoms with Crippen LogP contribution in [0.5, 0.6) is 0 Å². The van der Waals surface area contributed by atoms with Crippen LogP contribution in [0, 0.1) is 0 Å². The maximum absolute atomic E-state index is 13.7. The predicted molar refractivity (Wildman–Crippen MR) is 109 cm³/mol. The molecule has 156 valence electrons. The molecule has 2 aromatic carbocycles. The number of benzene rings is 2. The van der Waals surface area contributed by atoms with Crippen LogP contribution in [0.4, 0.5) is 24.7 Å². The van der Waals surface area contributed by atoms with Crippen molar-refractivity contribution in [2.45, 2.75) is 24.7 Å². The molecule has 0 saturated heterocycles. The van der Waals surface area contributed by atoms with E-state index in [2.05, 4.69) is 15.7 Å². The van der Waals surface area contributed by atoms with Gasteiger partial charge in [-0.15, -0.1) is 0 Å². The van der Waals surface area contributed by atoms with Crippen LogP contribution in [-0.2, 0) is 0 Å². The number of carbonyl (C=O) groups is 1. The molecule has 30 heavy (non-hydrogen) atoms. The molecule has 2 atom stereocenters. The summed E-state index contributed by atoms with van der Waals surface area (Å²) in [5, 5.41) is 10.1. The second-order valence-electron chi connectivity index (χ2n) is 6.84. The minimum Gasteiger partial charge on any atom is -0.363 e. The fraction of sp³-hybridized carbons (Fsp3) is 0.200. The summed E-state index contributed by atoms with van der Waals surface area (Å²) in [4.78, 5) is 12.8. The fourth-order valence-electron chi connectivity index (χ4n) is 3.41. The van der Waals surface area contributed by atoms with E-state index in [1.54, 1.807) is 36.4 Å². The normalized spacial score (nSPS) is 18.4. The van der Waals surface area contributed by atoms with Gasteiger partial charge in [0, 0.05) is 12.1 Å². The summed E-state index contributed by atoms with van der Waals surface area (Å²) >= 11 is 11.8. The molecule has 3 aromatic rings. The first-order valence-electron chi connectivity index (χ1n) is 8.96. The summed E-state index contributed by atoms with van der Waals surface area (Å²) in [5.41, 5.74) is 1.04. The number of alkyl halides is 3. The smallest absolute Gasteiger partial charge is 0.363 e. The van der Waals surface area contributed by atoms with Crippen LogP contribution in [-0.4, -0.2) is 21.9 Å². The van der Waals surface area contributed by atoms with Crippen molar-refractivity contribution in [3.63, 3.8) is 0 Å². The minimum atomic E-state index is -4.52. The van der Waals surface area contributed by atoms with Crippen molar-refractivity contribution in [1.29, 1.82) is 0 Å². The molecule has 1 aliphatic rings. The molecular formula is C20H15Cl2F3N4O. The van der Waals surface area contributed by atoms with Gasteiger partial charge in [-0.1, -0.05) is 53.5 Å². The summed E-state index contributed by atoms with van der Waals surface area (Å²) in [6.45, 7) is 0. The molecule has 0 saturated carbocycles. The molecule has 1 aromatic heterocycles. The number of nitrogens with one attached hydrogen (secondary N) is 2. The summed E-state index contributed by atoms with van der Waals surface area (Å²) < 4.78 is 42.0. The Morgan fingerprint density at radius 3 is 2.53 bits per heavy atom. The SMILES string of the molecule is O=C(Nc1ccc(Cl)c(Cl)c1)c1cnn2c1NC(c1ccccc1)CC2C(F)(F)F. The van der Waals surface area contributed by atoms with E-state index >= 15 is 0 Å². The molecule has 2 N–H and O–H groups in total. The van der Waals surface area contributed by atoms with E-state index in [1.807, 2.05) is 0 Å². The van der Waals surface area contributed by atoms with Gasteiger partial charge in [-0.2, -0.15) is 18.3 Å². The number of fused-ring (bicyclic) bond motifs is 1. The van der Waals surface area contributed by atoms with Crippen molar-refractivity contribution in [2.75, 3.05) is 10.6 Å². The molecule has 4 rings (SSSR count). The zero-order valence-corrected chi connectivity index (χ0v) is 16.8. The first-order valence-corrected chi connectivity index (χ1v) is 9.71. The van der Waals surface area contributed by atoms with Gasteiger partial charge in [-0.25, -0.2) is 4.68 Å². The third-order valence-corrected chi connectivity index (χ3v) is 5.60. The van der Waals surface area contributed by atoms with E-state index < -0.39 is 24.2 Å². The highest BCUT2D eigenvalue weighted by atomic mass is 35.5. The van der Waals surface area contributed by atoms with Gasteiger partial charge in [-0.3, -0.25) is 4.79 Å². The lowest BCUT2D eigenvalue weighted by Gasteiger charge is -2.34. The van der Waals surface area contributed by atoms with E-state index in [4.69, 9.17) is 23.2 Å². The van der Waals surface area contributed by atoms with Crippen molar-refractivity contribution < 1.29 is 18.0 Å². The van der Waals surface area contributed by atoms with Gasteiger partial charge < -0.3 is 10.6 Å². The molecule has 2 heterocycles. The fourth-order valence-corrected chi connectivity index (χ4v) is 3.70. The van der Waals surface area contributed by atoms with Gasteiger partial charge in [0.2, 0.25) is 0 Å². The zero-order chi connectivity index (χ0) is 21.5. The number of hydrogen-bond donors (Lipinski definition) is 2. The number of rotatable bonds is 3. The maximum Gasteiger partial charge on any atom is 0.410 e. The average Bonchev–Trinajstić information content (AvgIpc) is 3.14. The second kappa shape index (κ2) is 7.85. The van der Waals surface area contributed by atoms with Crippen molar-refractivity contribution in [1.82, 2.24) is 9.78 Å². The van der Waals surface area contributed by atoms with E-state index in [0.29, 0.717) is 16.3 Å². The van der Waals surface area contributed by atoms with Gasteiger partial charge in [-0.05, 0) is 23.8 Å². The highest BCUT2D eigenvalue weighted by Gasteiger charge is 2.47. The van der Waals surface area contributed by atoms with Crippen LogP contribution in [0.15, 0.2) is 54.7 Å². The van der Waals surface area contributed by atoms with E-state index in [-0.39, 0.29) is 22.8 Å². The molecule has 1 amide bonds. The average molecular weight is 455 g/mol. The third kappa shape index (κ3) is 3.97. The van der Waals surface area contributed by atoms with Crippen molar-refractivity contribution in [3.8, 4) is 0 Å². The molecule has 0 spiro atoms. The van der Waals surface area contributed by atoms with E-state index in [0.717, 1.165) is 10.9 Å². The predicted octanol–water partition coefficient (Wildman–Crippen LogP) is 6.10. The lowest BCUT2D eigenvalue weighted by molar-refractivity contribution is -0.173. The highest BCUT2D eigenvalue weighted by Crippen LogP contribution is 2.44.